The van der Waals surface area contributed by atoms with E-state index in [9.17, 15) is 9.00 Å². The first-order valence-corrected chi connectivity index (χ1v) is 7.64. The normalized spacial score (nSPS) is 13.4. The predicted octanol–water partition coefficient (Wildman–Crippen LogP) is 1.61. The van der Waals surface area contributed by atoms with E-state index < -0.39 is 10.8 Å². The first kappa shape index (κ1) is 14.3. The van der Waals surface area contributed by atoms with Gasteiger partial charge in [-0.3, -0.25) is 9.00 Å². The molecule has 0 fully saturated rings. The lowest BCUT2D eigenvalue weighted by Crippen LogP contribution is -2.42. The van der Waals surface area contributed by atoms with E-state index in [0.29, 0.717) is 5.75 Å². The Hall–Kier alpha value is -0.750. The molecule has 0 saturated carbocycles. The molecule has 0 aliphatic heterocycles. The van der Waals surface area contributed by atoms with Crippen LogP contribution in [-0.2, 0) is 21.3 Å². The van der Waals surface area contributed by atoms with E-state index in [2.05, 4.69) is 10.3 Å². The highest BCUT2D eigenvalue weighted by molar-refractivity contribution is 7.85. The fourth-order valence-electron chi connectivity index (χ4n) is 1.28. The molecule has 1 N–H and O–H groups in total. The van der Waals surface area contributed by atoms with Crippen LogP contribution < -0.4 is 5.32 Å². The number of hydrogen-bond acceptors (Lipinski definition) is 4. The van der Waals surface area contributed by atoms with Crippen LogP contribution in [0.15, 0.2) is 6.20 Å². The summed E-state index contributed by atoms with van der Waals surface area (Å²) in [4.78, 5) is 16.6. The van der Waals surface area contributed by atoms with E-state index in [0.717, 1.165) is 9.88 Å². The highest BCUT2D eigenvalue weighted by Crippen LogP contribution is 2.13. The van der Waals surface area contributed by atoms with Crippen molar-refractivity contribution in [1.29, 1.82) is 0 Å². The smallest absolute Gasteiger partial charge is 0.233 e. The van der Waals surface area contributed by atoms with E-state index in [1.54, 1.807) is 6.20 Å². The molecule has 96 valence electrons. The quantitative estimate of drug-likeness (QED) is 0.907. The van der Waals surface area contributed by atoms with Crippen LogP contribution in [0.3, 0.4) is 0 Å². The number of nitrogens with zero attached hydrogens (tertiary/aromatic N) is 1. The Labute approximate surface area is 108 Å². The van der Waals surface area contributed by atoms with Gasteiger partial charge in [-0.05, 0) is 27.7 Å². The first-order valence-electron chi connectivity index (χ1n) is 5.33. The highest BCUT2D eigenvalue weighted by Gasteiger charge is 2.16. The molecule has 1 atom stereocenters. The molecule has 0 aliphatic carbocycles. The van der Waals surface area contributed by atoms with Gasteiger partial charge in [0.25, 0.3) is 0 Å². The number of amides is 1. The number of aromatic nitrogens is 1. The van der Waals surface area contributed by atoms with Gasteiger partial charge in [-0.25, -0.2) is 4.98 Å². The second-order valence-electron chi connectivity index (χ2n) is 4.87. The molecule has 0 bridgehead atoms. The van der Waals surface area contributed by atoms with Gasteiger partial charge in [0.05, 0.1) is 10.8 Å². The number of hydrogen-bond donors (Lipinski definition) is 1. The molecular weight excluding hydrogens is 256 g/mol. The van der Waals surface area contributed by atoms with Gasteiger partial charge in [0.15, 0.2) is 0 Å². The van der Waals surface area contributed by atoms with E-state index in [4.69, 9.17) is 0 Å². The fraction of sp³-hybridized carbons (Fsp3) is 0.636. The molecule has 0 aromatic carbocycles. The summed E-state index contributed by atoms with van der Waals surface area (Å²) in [5.74, 6) is 0.286. The van der Waals surface area contributed by atoms with Crippen molar-refractivity contribution in [3.8, 4) is 0 Å². The molecule has 1 amide bonds. The standard InChI is InChI=1S/C11H18N2O2S2/c1-8-12-5-9(16-8)6-17(15)7-10(14)13-11(2,3)4/h5H,6-7H2,1-4H3,(H,13,14)/t17-/m0/s1. The Kier molecular flexibility index (Phi) is 4.82. The molecule has 0 saturated heterocycles. The Morgan fingerprint density at radius 2 is 2.18 bits per heavy atom. The molecule has 17 heavy (non-hydrogen) atoms. The minimum absolute atomic E-state index is 0.0498. The summed E-state index contributed by atoms with van der Waals surface area (Å²) < 4.78 is 11.7. The summed E-state index contributed by atoms with van der Waals surface area (Å²) in [7, 11) is -1.16. The van der Waals surface area contributed by atoms with Gasteiger partial charge in [0, 0.05) is 27.4 Å². The lowest BCUT2D eigenvalue weighted by molar-refractivity contribution is -0.119. The summed E-state index contributed by atoms with van der Waals surface area (Å²) in [6.45, 7) is 7.62. The molecule has 4 nitrogen and oxygen atoms in total. The third-order valence-electron chi connectivity index (χ3n) is 1.78. The number of carbonyl (C=O) groups excluding carboxylic acids is 1. The zero-order valence-corrected chi connectivity index (χ0v) is 12.2. The van der Waals surface area contributed by atoms with Crippen LogP contribution in [0.1, 0.15) is 30.7 Å². The predicted molar refractivity (Wildman–Crippen MR) is 71.5 cm³/mol. The number of rotatable bonds is 4. The molecule has 0 unspecified atom stereocenters. The molecule has 1 heterocycles. The SMILES string of the molecule is Cc1ncc(C[S@](=O)CC(=O)NC(C)(C)C)s1. The molecule has 0 aliphatic rings. The monoisotopic (exact) mass is 274 g/mol. The van der Waals surface area contributed by atoms with Crippen LogP contribution in [0.25, 0.3) is 0 Å². The van der Waals surface area contributed by atoms with Gasteiger partial charge in [-0.15, -0.1) is 11.3 Å². The van der Waals surface area contributed by atoms with E-state index >= 15 is 0 Å². The Balaban J connectivity index is 2.42. The third kappa shape index (κ3) is 5.93. The van der Waals surface area contributed by atoms with Crippen molar-refractivity contribution in [1.82, 2.24) is 10.3 Å². The van der Waals surface area contributed by atoms with Gasteiger partial charge in [0.2, 0.25) is 5.91 Å². The zero-order chi connectivity index (χ0) is 13.1. The maximum absolute atomic E-state index is 11.7. The molecule has 0 radical (unpaired) electrons. The van der Waals surface area contributed by atoms with E-state index in [-0.39, 0.29) is 17.2 Å². The van der Waals surface area contributed by atoms with Crippen molar-refractivity contribution in [2.75, 3.05) is 5.75 Å². The van der Waals surface area contributed by atoms with Crippen LogP contribution in [0.5, 0.6) is 0 Å². The minimum Gasteiger partial charge on any atom is -0.351 e. The molecule has 1 aromatic heterocycles. The van der Waals surface area contributed by atoms with Crippen molar-refractivity contribution in [3.63, 3.8) is 0 Å². The van der Waals surface area contributed by atoms with E-state index in [1.807, 2.05) is 27.7 Å². The van der Waals surface area contributed by atoms with Gasteiger partial charge in [-0.1, -0.05) is 0 Å². The van der Waals surface area contributed by atoms with E-state index in [1.165, 1.54) is 11.3 Å². The number of aryl methyl sites for hydroxylation is 1. The summed E-state index contributed by atoms with van der Waals surface area (Å²) in [6, 6.07) is 0. The molecule has 6 heteroatoms. The van der Waals surface area contributed by atoms with Crippen molar-refractivity contribution in [2.45, 2.75) is 39.0 Å². The fourth-order valence-corrected chi connectivity index (χ4v) is 3.36. The summed E-state index contributed by atoms with van der Waals surface area (Å²) in [5.41, 5.74) is -0.275. The van der Waals surface area contributed by atoms with Crippen LogP contribution in [0.2, 0.25) is 0 Å². The number of carbonyl (C=O) groups is 1. The van der Waals surface area contributed by atoms with Gasteiger partial charge >= 0.3 is 0 Å². The number of nitrogens with one attached hydrogen (secondary N) is 1. The lowest BCUT2D eigenvalue weighted by Gasteiger charge is -2.20. The summed E-state index contributed by atoms with van der Waals surface area (Å²) in [6.07, 6.45) is 1.72. The van der Waals surface area contributed by atoms with Crippen LogP contribution in [0, 0.1) is 6.92 Å². The average Bonchev–Trinajstić information content (AvgIpc) is 2.46. The first-order chi connectivity index (χ1) is 7.76. The van der Waals surface area contributed by atoms with Crippen molar-refractivity contribution in [3.05, 3.63) is 16.1 Å². The van der Waals surface area contributed by atoms with Crippen molar-refractivity contribution in [2.24, 2.45) is 0 Å². The Morgan fingerprint density at radius 1 is 1.53 bits per heavy atom. The third-order valence-corrected chi connectivity index (χ3v) is 4.09. The topological polar surface area (TPSA) is 59.1 Å². The maximum Gasteiger partial charge on any atom is 0.233 e. The van der Waals surface area contributed by atoms with Crippen molar-refractivity contribution < 1.29 is 9.00 Å². The summed E-state index contributed by atoms with van der Waals surface area (Å²) >= 11 is 1.52. The van der Waals surface area contributed by atoms with Crippen LogP contribution in [0.4, 0.5) is 0 Å². The molecular formula is C11H18N2O2S2. The molecule has 1 rings (SSSR count). The van der Waals surface area contributed by atoms with Crippen LogP contribution in [-0.4, -0.2) is 26.4 Å². The van der Waals surface area contributed by atoms with Crippen molar-refractivity contribution >= 4 is 28.0 Å². The Bertz CT molecular complexity index is 421. The minimum atomic E-state index is -1.16. The van der Waals surface area contributed by atoms with Crippen LogP contribution >= 0.6 is 11.3 Å². The second-order valence-corrected chi connectivity index (χ2v) is 7.65. The molecule has 0 spiro atoms. The second kappa shape index (κ2) is 5.73. The lowest BCUT2D eigenvalue weighted by atomic mass is 10.1. The zero-order valence-electron chi connectivity index (χ0n) is 10.6. The van der Waals surface area contributed by atoms with Gasteiger partial charge in [-0.2, -0.15) is 0 Å². The largest absolute Gasteiger partial charge is 0.351 e. The molecule has 1 aromatic rings. The number of thiazole rings is 1. The van der Waals surface area contributed by atoms with Gasteiger partial charge < -0.3 is 5.32 Å². The Morgan fingerprint density at radius 3 is 2.65 bits per heavy atom. The van der Waals surface area contributed by atoms with Gasteiger partial charge in [0.1, 0.15) is 5.75 Å². The highest BCUT2D eigenvalue weighted by atomic mass is 32.2. The maximum atomic E-state index is 11.7. The summed E-state index contributed by atoms with van der Waals surface area (Å²) in [5, 5.41) is 3.75. The average molecular weight is 274 g/mol.